The second-order valence-electron chi connectivity index (χ2n) is 5.09. The maximum absolute atomic E-state index is 10.7. The van der Waals surface area contributed by atoms with Crippen LogP contribution in [0.15, 0.2) is 24.7 Å². The van der Waals surface area contributed by atoms with Gasteiger partial charge in [-0.3, -0.25) is 9.78 Å². The van der Waals surface area contributed by atoms with E-state index in [2.05, 4.69) is 19.9 Å². The molecule has 1 fully saturated rings. The molecule has 0 atom stereocenters. The summed E-state index contributed by atoms with van der Waals surface area (Å²) in [5.74, 6) is 0.409. The van der Waals surface area contributed by atoms with Crippen LogP contribution in [0, 0.1) is 5.92 Å². The third kappa shape index (κ3) is 2.54. The molecule has 0 aliphatic carbocycles. The fourth-order valence-corrected chi connectivity index (χ4v) is 2.71. The van der Waals surface area contributed by atoms with E-state index in [1.807, 2.05) is 6.07 Å². The highest BCUT2D eigenvalue weighted by atomic mass is 16.4. The van der Waals surface area contributed by atoms with E-state index >= 15 is 0 Å². The maximum Gasteiger partial charge on any atom is 0.303 e. The number of fused-ring (bicyclic) bond motifs is 1. The highest BCUT2D eigenvalue weighted by Gasteiger charge is 2.23. The number of hydrogen-bond acceptors (Lipinski definition) is 5. The Morgan fingerprint density at radius 2 is 1.95 bits per heavy atom. The molecule has 2 aromatic heterocycles. The Bertz CT molecular complexity index is 618. The standard InChI is InChI=1S/C14H16N4O2/c19-12(20)9-10-2-7-18(8-3-10)14-13-11(1-4-17-14)15-5-6-16-13/h1,4-6,10H,2-3,7-9H2,(H,19,20). The van der Waals surface area contributed by atoms with Crippen molar-refractivity contribution in [1.29, 1.82) is 0 Å². The summed E-state index contributed by atoms with van der Waals surface area (Å²) in [6, 6.07) is 1.85. The van der Waals surface area contributed by atoms with Crippen LogP contribution < -0.4 is 4.90 Å². The summed E-state index contributed by atoms with van der Waals surface area (Å²) in [5, 5.41) is 8.85. The van der Waals surface area contributed by atoms with Crippen molar-refractivity contribution in [3.63, 3.8) is 0 Å². The van der Waals surface area contributed by atoms with E-state index in [9.17, 15) is 4.79 Å². The van der Waals surface area contributed by atoms with Crippen LogP contribution in [0.4, 0.5) is 5.82 Å². The summed E-state index contributed by atoms with van der Waals surface area (Å²) >= 11 is 0. The molecule has 20 heavy (non-hydrogen) atoms. The molecular weight excluding hydrogens is 256 g/mol. The number of aliphatic carboxylic acids is 1. The van der Waals surface area contributed by atoms with Crippen LogP contribution >= 0.6 is 0 Å². The van der Waals surface area contributed by atoms with Crippen molar-refractivity contribution in [2.75, 3.05) is 18.0 Å². The highest BCUT2D eigenvalue weighted by molar-refractivity contribution is 5.85. The SMILES string of the molecule is O=C(O)CC1CCN(c2nccc3nccnc23)CC1. The van der Waals surface area contributed by atoms with E-state index in [0.717, 1.165) is 42.8 Å². The van der Waals surface area contributed by atoms with E-state index in [1.165, 1.54) is 0 Å². The van der Waals surface area contributed by atoms with E-state index < -0.39 is 5.97 Å². The summed E-state index contributed by atoms with van der Waals surface area (Å²) in [6.45, 7) is 1.64. The van der Waals surface area contributed by atoms with Crippen LogP contribution in [-0.4, -0.2) is 39.1 Å². The lowest BCUT2D eigenvalue weighted by Gasteiger charge is -2.32. The van der Waals surface area contributed by atoms with Crippen LogP contribution in [0.3, 0.4) is 0 Å². The summed E-state index contributed by atoms with van der Waals surface area (Å²) in [7, 11) is 0. The molecule has 0 radical (unpaired) electrons. The zero-order chi connectivity index (χ0) is 13.9. The first kappa shape index (κ1) is 12.8. The molecule has 1 aliphatic heterocycles. The molecule has 1 saturated heterocycles. The summed E-state index contributed by atoms with van der Waals surface area (Å²) in [5.41, 5.74) is 1.65. The second-order valence-corrected chi connectivity index (χ2v) is 5.09. The first-order valence-corrected chi connectivity index (χ1v) is 6.76. The zero-order valence-electron chi connectivity index (χ0n) is 11.1. The number of nitrogens with zero attached hydrogens (tertiary/aromatic N) is 4. The zero-order valence-corrected chi connectivity index (χ0v) is 11.1. The molecular formula is C14H16N4O2. The predicted molar refractivity (Wildman–Crippen MR) is 74.5 cm³/mol. The third-order valence-corrected chi connectivity index (χ3v) is 3.74. The summed E-state index contributed by atoms with van der Waals surface area (Å²) in [6.07, 6.45) is 7.11. The van der Waals surface area contributed by atoms with Crippen molar-refractivity contribution in [2.45, 2.75) is 19.3 Å². The average molecular weight is 272 g/mol. The number of carboxylic acid groups (broad SMARTS) is 1. The molecule has 6 nitrogen and oxygen atoms in total. The minimum Gasteiger partial charge on any atom is -0.481 e. The Balaban J connectivity index is 1.78. The van der Waals surface area contributed by atoms with Gasteiger partial charge in [-0.2, -0.15) is 0 Å². The average Bonchev–Trinajstić information content (AvgIpc) is 2.47. The fourth-order valence-electron chi connectivity index (χ4n) is 2.71. The molecule has 0 saturated carbocycles. The molecule has 0 aromatic carbocycles. The van der Waals surface area contributed by atoms with Gasteiger partial charge in [-0.15, -0.1) is 0 Å². The van der Waals surface area contributed by atoms with Gasteiger partial charge in [0.2, 0.25) is 0 Å². The molecule has 1 aliphatic rings. The van der Waals surface area contributed by atoms with Crippen LogP contribution in [0.1, 0.15) is 19.3 Å². The molecule has 1 N–H and O–H groups in total. The molecule has 104 valence electrons. The van der Waals surface area contributed by atoms with Gasteiger partial charge in [0.1, 0.15) is 5.52 Å². The molecule has 0 spiro atoms. The van der Waals surface area contributed by atoms with E-state index in [0.29, 0.717) is 0 Å². The van der Waals surface area contributed by atoms with E-state index in [1.54, 1.807) is 18.6 Å². The highest BCUT2D eigenvalue weighted by Crippen LogP contribution is 2.27. The van der Waals surface area contributed by atoms with Crippen molar-refractivity contribution in [2.24, 2.45) is 5.92 Å². The molecule has 3 heterocycles. The van der Waals surface area contributed by atoms with Crippen LogP contribution in [0.5, 0.6) is 0 Å². The monoisotopic (exact) mass is 272 g/mol. The van der Waals surface area contributed by atoms with Gasteiger partial charge in [-0.1, -0.05) is 0 Å². The van der Waals surface area contributed by atoms with Gasteiger partial charge >= 0.3 is 5.97 Å². The Labute approximate surface area is 116 Å². The molecule has 0 amide bonds. The van der Waals surface area contributed by atoms with E-state index in [4.69, 9.17) is 5.11 Å². The number of carbonyl (C=O) groups is 1. The smallest absolute Gasteiger partial charge is 0.303 e. The largest absolute Gasteiger partial charge is 0.481 e. The quantitative estimate of drug-likeness (QED) is 0.916. The first-order valence-electron chi connectivity index (χ1n) is 6.76. The van der Waals surface area contributed by atoms with Crippen LogP contribution in [0.2, 0.25) is 0 Å². The van der Waals surface area contributed by atoms with Crippen molar-refractivity contribution in [3.8, 4) is 0 Å². The molecule has 6 heteroatoms. The molecule has 2 aromatic rings. The van der Waals surface area contributed by atoms with Crippen molar-refractivity contribution >= 4 is 22.8 Å². The lowest BCUT2D eigenvalue weighted by atomic mass is 9.93. The van der Waals surface area contributed by atoms with Gasteiger partial charge in [0.25, 0.3) is 0 Å². The van der Waals surface area contributed by atoms with Crippen molar-refractivity contribution in [3.05, 3.63) is 24.7 Å². The minimum atomic E-state index is -0.711. The topological polar surface area (TPSA) is 79.2 Å². The number of pyridine rings is 1. The van der Waals surface area contributed by atoms with Crippen molar-refractivity contribution < 1.29 is 9.90 Å². The number of carboxylic acids is 1. The Kier molecular flexibility index (Phi) is 3.45. The Morgan fingerprint density at radius 1 is 1.20 bits per heavy atom. The minimum absolute atomic E-state index is 0.261. The van der Waals surface area contributed by atoms with Gasteiger partial charge in [0.15, 0.2) is 5.82 Å². The lowest BCUT2D eigenvalue weighted by molar-refractivity contribution is -0.138. The second kappa shape index (κ2) is 5.40. The van der Waals surface area contributed by atoms with Crippen LogP contribution in [-0.2, 0) is 4.79 Å². The predicted octanol–water partition coefficient (Wildman–Crippen LogP) is 1.72. The number of aromatic nitrogens is 3. The third-order valence-electron chi connectivity index (χ3n) is 3.74. The first-order chi connectivity index (χ1) is 9.74. The lowest BCUT2D eigenvalue weighted by Crippen LogP contribution is -2.35. The number of hydrogen-bond donors (Lipinski definition) is 1. The van der Waals surface area contributed by atoms with Crippen LogP contribution in [0.25, 0.3) is 11.0 Å². The van der Waals surface area contributed by atoms with Gasteiger partial charge in [0, 0.05) is 38.1 Å². The number of piperidine rings is 1. The fraction of sp³-hybridized carbons (Fsp3) is 0.429. The molecule has 3 rings (SSSR count). The normalized spacial score (nSPS) is 16.5. The number of anilines is 1. The van der Waals surface area contributed by atoms with Gasteiger partial charge < -0.3 is 10.0 Å². The maximum atomic E-state index is 10.7. The van der Waals surface area contributed by atoms with Gasteiger partial charge in [-0.25, -0.2) is 9.97 Å². The molecule has 0 unspecified atom stereocenters. The van der Waals surface area contributed by atoms with Gasteiger partial charge in [-0.05, 0) is 24.8 Å². The van der Waals surface area contributed by atoms with E-state index in [-0.39, 0.29) is 12.3 Å². The Morgan fingerprint density at radius 3 is 2.70 bits per heavy atom. The number of rotatable bonds is 3. The summed E-state index contributed by atoms with van der Waals surface area (Å²) in [4.78, 5) is 26.0. The Hall–Kier alpha value is -2.24. The molecule has 0 bridgehead atoms. The van der Waals surface area contributed by atoms with Gasteiger partial charge in [0.05, 0.1) is 5.52 Å². The van der Waals surface area contributed by atoms with Crippen molar-refractivity contribution in [1.82, 2.24) is 15.0 Å². The summed E-state index contributed by atoms with van der Waals surface area (Å²) < 4.78 is 0.